The van der Waals surface area contributed by atoms with Crippen LogP contribution in [0.3, 0.4) is 0 Å². The van der Waals surface area contributed by atoms with Crippen molar-refractivity contribution in [1.82, 2.24) is 4.90 Å². The Balaban J connectivity index is 0. The largest absolute Gasteiger partial charge is 1.00 e. The van der Waals surface area contributed by atoms with Crippen LogP contribution in [0.4, 0.5) is 0 Å². The molecule has 0 fully saturated rings. The molecule has 0 bridgehead atoms. The molecule has 0 aromatic heterocycles. The van der Waals surface area contributed by atoms with Crippen molar-refractivity contribution in [3.8, 4) is 0 Å². The molecule has 0 aliphatic rings. The summed E-state index contributed by atoms with van der Waals surface area (Å²) in [5, 5.41) is 11.4. The first-order chi connectivity index (χ1) is 13.1. The first kappa shape index (κ1) is 30.1. The average Bonchev–Trinajstić information content (AvgIpc) is 2.65. The summed E-state index contributed by atoms with van der Waals surface area (Å²) in [4.78, 5) is 13.6. The number of hydrogen-bond acceptors (Lipinski definition) is 3. The Kier molecular flexibility index (Phi) is 23.2. The van der Waals surface area contributed by atoms with Gasteiger partial charge in [0.2, 0.25) is 0 Å². The van der Waals surface area contributed by atoms with E-state index < -0.39 is 5.97 Å². The molecule has 0 aliphatic heterocycles. The van der Waals surface area contributed by atoms with E-state index >= 15 is 0 Å². The van der Waals surface area contributed by atoms with Gasteiger partial charge in [0.25, 0.3) is 0 Å². The predicted molar refractivity (Wildman–Crippen MR) is 116 cm³/mol. The molecule has 0 aliphatic carbocycles. The third-order valence-electron chi connectivity index (χ3n) is 5.58. The Labute approximate surface area is 197 Å². The van der Waals surface area contributed by atoms with Gasteiger partial charge in [-0.15, -0.1) is 13.2 Å². The van der Waals surface area contributed by atoms with Crippen molar-refractivity contribution in [2.45, 2.75) is 116 Å². The minimum atomic E-state index is -0.941. The molecule has 158 valence electrons. The van der Waals surface area contributed by atoms with Gasteiger partial charge < -0.3 is 9.90 Å². The van der Waals surface area contributed by atoms with Crippen LogP contribution in [0, 0.1) is 0 Å². The van der Waals surface area contributed by atoms with E-state index in [1.54, 1.807) is 0 Å². The zero-order chi connectivity index (χ0) is 20.3. The van der Waals surface area contributed by atoms with Gasteiger partial charge >= 0.3 is 29.6 Å². The monoisotopic (exact) mass is 401 g/mol. The zero-order valence-electron chi connectivity index (χ0n) is 19.1. The van der Waals surface area contributed by atoms with Gasteiger partial charge in [0, 0.05) is 18.6 Å². The van der Waals surface area contributed by atoms with Crippen LogP contribution < -0.4 is 34.7 Å². The summed E-state index contributed by atoms with van der Waals surface area (Å²) in [6, 6.07) is 0.709. The molecule has 0 saturated carbocycles. The molecule has 4 heteroatoms. The average molecular weight is 402 g/mol. The van der Waals surface area contributed by atoms with Crippen LogP contribution in [-0.2, 0) is 4.79 Å². The van der Waals surface area contributed by atoms with Crippen LogP contribution in [0.1, 0.15) is 104 Å². The summed E-state index contributed by atoms with van der Waals surface area (Å²) in [6.45, 7) is 12.0. The Morgan fingerprint density at radius 2 is 1.21 bits per heavy atom. The third-order valence-corrected chi connectivity index (χ3v) is 5.58. The van der Waals surface area contributed by atoms with Crippen molar-refractivity contribution in [2.24, 2.45) is 0 Å². The number of carbonyl (C=O) groups excluding carboxylic acids is 1. The van der Waals surface area contributed by atoms with Gasteiger partial charge in [-0.1, -0.05) is 64.5 Å². The molecule has 3 nitrogen and oxygen atoms in total. The topological polar surface area (TPSA) is 43.4 Å². The fourth-order valence-electron chi connectivity index (χ4n) is 3.96. The van der Waals surface area contributed by atoms with Crippen molar-refractivity contribution in [3.63, 3.8) is 0 Å². The van der Waals surface area contributed by atoms with Gasteiger partial charge in [0.05, 0.1) is 5.97 Å². The van der Waals surface area contributed by atoms with Gasteiger partial charge in [-0.25, -0.2) is 0 Å². The Morgan fingerprint density at radius 3 is 1.54 bits per heavy atom. The maximum atomic E-state index is 11.4. The number of aliphatic carboxylic acids is 1. The number of carbonyl (C=O) groups is 1. The van der Waals surface area contributed by atoms with E-state index in [9.17, 15) is 9.90 Å². The first-order valence-electron chi connectivity index (χ1n) is 11.3. The van der Waals surface area contributed by atoms with Crippen LogP contribution in [0.15, 0.2) is 25.3 Å². The predicted octanol–water partition coefficient (Wildman–Crippen LogP) is 2.65. The SMILES string of the molecule is C=CCCCCCCC(CC)N(CC(=O)[O-])C(CC)CCCCCCC=C.[Na+]. The van der Waals surface area contributed by atoms with E-state index in [2.05, 4.69) is 31.9 Å². The number of rotatable bonds is 20. The maximum Gasteiger partial charge on any atom is 1.00 e. The van der Waals surface area contributed by atoms with Crippen molar-refractivity contribution >= 4 is 5.97 Å². The minimum Gasteiger partial charge on any atom is -0.549 e. The van der Waals surface area contributed by atoms with Gasteiger partial charge in [-0.05, 0) is 51.4 Å². The summed E-state index contributed by atoms with van der Waals surface area (Å²) < 4.78 is 0. The second kappa shape index (κ2) is 21.6. The third kappa shape index (κ3) is 15.8. The molecule has 2 atom stereocenters. The van der Waals surface area contributed by atoms with E-state index in [0.29, 0.717) is 12.1 Å². The molecule has 0 amide bonds. The summed E-state index contributed by atoms with van der Waals surface area (Å²) in [5.41, 5.74) is 0. The smallest absolute Gasteiger partial charge is 0.549 e. The van der Waals surface area contributed by atoms with Crippen LogP contribution in [0.25, 0.3) is 0 Å². The number of hydrogen-bond donors (Lipinski definition) is 0. The van der Waals surface area contributed by atoms with Crippen molar-refractivity contribution in [1.29, 1.82) is 0 Å². The molecule has 28 heavy (non-hydrogen) atoms. The van der Waals surface area contributed by atoms with E-state index in [4.69, 9.17) is 0 Å². The number of nitrogens with zero attached hydrogens (tertiary/aromatic N) is 1. The molecule has 0 aromatic carbocycles. The Hall–Kier alpha value is -0.0900. The quantitative estimate of drug-likeness (QED) is 0.179. The fraction of sp³-hybridized carbons (Fsp3) is 0.792. The van der Waals surface area contributed by atoms with Crippen LogP contribution in [0.5, 0.6) is 0 Å². The van der Waals surface area contributed by atoms with E-state index in [1.165, 1.54) is 51.4 Å². The number of carboxylic acid groups (broad SMARTS) is 1. The number of carboxylic acids is 1. The Morgan fingerprint density at radius 1 is 0.821 bits per heavy atom. The second-order valence-electron chi connectivity index (χ2n) is 7.73. The molecule has 0 N–H and O–H groups in total. The molecular weight excluding hydrogens is 357 g/mol. The summed E-state index contributed by atoms with van der Waals surface area (Å²) in [5.74, 6) is -0.941. The van der Waals surface area contributed by atoms with E-state index in [-0.39, 0.29) is 36.1 Å². The molecule has 0 heterocycles. The van der Waals surface area contributed by atoms with Crippen molar-refractivity contribution in [3.05, 3.63) is 25.3 Å². The van der Waals surface area contributed by atoms with E-state index in [1.807, 2.05) is 12.2 Å². The van der Waals surface area contributed by atoms with Crippen LogP contribution in [-0.4, -0.2) is 29.5 Å². The molecule has 0 aromatic rings. The molecular formula is C24H44NNaO2. The second-order valence-corrected chi connectivity index (χ2v) is 7.73. The minimum absolute atomic E-state index is 0. The fourth-order valence-corrected chi connectivity index (χ4v) is 3.96. The summed E-state index contributed by atoms with van der Waals surface area (Å²) in [6.07, 6.45) is 20.1. The molecule has 0 saturated heterocycles. The van der Waals surface area contributed by atoms with Gasteiger partial charge in [0.15, 0.2) is 0 Å². The van der Waals surface area contributed by atoms with E-state index in [0.717, 1.165) is 38.5 Å². The summed E-state index contributed by atoms with van der Waals surface area (Å²) in [7, 11) is 0. The van der Waals surface area contributed by atoms with Crippen LogP contribution >= 0.6 is 0 Å². The van der Waals surface area contributed by atoms with Gasteiger partial charge in [0.1, 0.15) is 0 Å². The number of unbranched alkanes of at least 4 members (excludes halogenated alkanes) is 8. The first-order valence-corrected chi connectivity index (χ1v) is 11.3. The van der Waals surface area contributed by atoms with Gasteiger partial charge in [-0.3, -0.25) is 4.90 Å². The molecule has 0 radical (unpaired) electrons. The molecule has 0 spiro atoms. The molecule has 0 rings (SSSR count). The van der Waals surface area contributed by atoms with Crippen molar-refractivity contribution < 1.29 is 39.5 Å². The summed E-state index contributed by atoms with van der Waals surface area (Å²) >= 11 is 0. The maximum absolute atomic E-state index is 11.4. The zero-order valence-corrected chi connectivity index (χ0v) is 21.1. The van der Waals surface area contributed by atoms with Crippen molar-refractivity contribution in [2.75, 3.05) is 6.54 Å². The number of allylic oxidation sites excluding steroid dienone is 2. The van der Waals surface area contributed by atoms with Crippen LogP contribution in [0.2, 0.25) is 0 Å². The Bertz CT molecular complexity index is 359. The molecule has 2 unspecified atom stereocenters. The van der Waals surface area contributed by atoms with Gasteiger partial charge in [-0.2, -0.15) is 0 Å². The standard InChI is InChI=1S/C24H45NO2.Na/c1-5-9-11-13-15-17-19-22(7-3)25(21-24(26)27)23(8-4)20-18-16-14-12-10-6-2;/h5-6,22-23H,1-2,7-21H2,3-4H3,(H,26,27);/q;+1/p-1. The normalized spacial score (nSPS) is 13.0.